The van der Waals surface area contributed by atoms with Gasteiger partial charge in [0.15, 0.2) is 0 Å². The van der Waals surface area contributed by atoms with Crippen LogP contribution < -0.4 is 0 Å². The summed E-state index contributed by atoms with van der Waals surface area (Å²) >= 11 is 0. The van der Waals surface area contributed by atoms with Gasteiger partial charge in [-0.1, -0.05) is 206 Å². The molecule has 0 aromatic carbocycles. The number of hydrogen-bond acceptors (Lipinski definition) is 2. The molecule has 0 spiro atoms. The van der Waals surface area contributed by atoms with Gasteiger partial charge in [0.25, 0.3) is 0 Å². The Labute approximate surface area is 278 Å². The highest BCUT2D eigenvalue weighted by Crippen LogP contribution is 2.16. The van der Waals surface area contributed by atoms with Gasteiger partial charge in [-0.25, -0.2) is 0 Å². The van der Waals surface area contributed by atoms with E-state index in [0.29, 0.717) is 13.0 Å². The highest BCUT2D eigenvalue weighted by atomic mass is 16.5. The molecule has 2 nitrogen and oxygen atoms in total. The van der Waals surface area contributed by atoms with Crippen molar-refractivity contribution in [2.24, 2.45) is 5.92 Å². The van der Waals surface area contributed by atoms with Crippen molar-refractivity contribution in [1.82, 2.24) is 0 Å². The van der Waals surface area contributed by atoms with Gasteiger partial charge in [0.2, 0.25) is 0 Å². The molecule has 0 saturated carbocycles. The monoisotopic (exact) mass is 619 g/mol. The summed E-state index contributed by atoms with van der Waals surface area (Å²) in [6.45, 7) is 7.58. The molecule has 0 aliphatic rings. The fraction of sp³-hybridized carbons (Fsp3) is 0.929. The molecule has 0 N–H and O–H groups in total. The van der Waals surface area contributed by atoms with Crippen molar-refractivity contribution in [2.45, 2.75) is 239 Å². The molecule has 2 heteroatoms. The van der Waals surface area contributed by atoms with Gasteiger partial charge in [0.1, 0.15) is 0 Å². The smallest absolute Gasteiger partial charge is 0.305 e. The van der Waals surface area contributed by atoms with Crippen LogP contribution in [0.1, 0.15) is 239 Å². The minimum Gasteiger partial charge on any atom is -0.466 e. The van der Waals surface area contributed by atoms with Crippen LogP contribution in [0.25, 0.3) is 0 Å². The summed E-state index contributed by atoms with van der Waals surface area (Å²) < 4.78 is 5.45. The average Bonchev–Trinajstić information content (AvgIpc) is 3.01. The number of rotatable bonds is 37. The Hall–Kier alpha value is -0.790. The third kappa shape index (κ3) is 39.2. The predicted octanol–water partition coefficient (Wildman–Crippen LogP) is 15.0. The fourth-order valence-electron chi connectivity index (χ4n) is 6.26. The van der Waals surface area contributed by atoms with Gasteiger partial charge in [0.05, 0.1) is 6.61 Å². The van der Waals surface area contributed by atoms with Gasteiger partial charge in [-0.3, -0.25) is 4.79 Å². The molecule has 0 atom stereocenters. The van der Waals surface area contributed by atoms with Gasteiger partial charge in [-0.15, -0.1) is 0 Å². The molecule has 0 aromatic rings. The lowest BCUT2D eigenvalue weighted by atomic mass is 10.0. The molecule has 0 heterocycles. The molecule has 0 radical (unpaired) electrons. The van der Waals surface area contributed by atoms with Crippen LogP contribution in [-0.2, 0) is 9.53 Å². The standard InChI is InChI=1S/C42H82O2/c1-4-5-6-7-8-9-10-20-24-27-30-33-36-39-42(43)44-40-37-34-31-28-25-22-19-17-15-13-11-12-14-16-18-21-23-26-29-32-35-38-41(2)3/h9-10,41H,4-8,11-40H2,1-3H3/b10-9-. The van der Waals surface area contributed by atoms with Gasteiger partial charge in [-0.05, 0) is 44.4 Å². The molecule has 0 saturated heterocycles. The van der Waals surface area contributed by atoms with Crippen molar-refractivity contribution in [3.8, 4) is 0 Å². The first-order chi connectivity index (χ1) is 21.7. The van der Waals surface area contributed by atoms with Crippen LogP contribution in [0.5, 0.6) is 0 Å². The van der Waals surface area contributed by atoms with Gasteiger partial charge < -0.3 is 4.74 Å². The minimum absolute atomic E-state index is 0.0181. The van der Waals surface area contributed by atoms with E-state index in [1.54, 1.807) is 0 Å². The van der Waals surface area contributed by atoms with E-state index in [1.807, 2.05) is 0 Å². The van der Waals surface area contributed by atoms with Crippen molar-refractivity contribution < 1.29 is 9.53 Å². The van der Waals surface area contributed by atoms with Crippen LogP contribution in [0.2, 0.25) is 0 Å². The second-order valence-corrected chi connectivity index (χ2v) is 14.5. The number of esters is 1. The number of allylic oxidation sites excluding steroid dienone is 2. The van der Waals surface area contributed by atoms with Crippen molar-refractivity contribution in [3.63, 3.8) is 0 Å². The van der Waals surface area contributed by atoms with Crippen molar-refractivity contribution in [2.75, 3.05) is 6.61 Å². The van der Waals surface area contributed by atoms with Crippen LogP contribution in [0, 0.1) is 5.92 Å². The predicted molar refractivity (Wildman–Crippen MR) is 198 cm³/mol. The first-order valence-corrected chi connectivity index (χ1v) is 20.5. The van der Waals surface area contributed by atoms with Crippen LogP contribution in [0.3, 0.4) is 0 Å². The average molecular weight is 619 g/mol. The second kappa shape index (κ2) is 38.4. The number of hydrogen-bond donors (Lipinski definition) is 0. The maximum absolute atomic E-state index is 11.9. The van der Waals surface area contributed by atoms with Crippen molar-refractivity contribution >= 4 is 5.97 Å². The van der Waals surface area contributed by atoms with E-state index in [9.17, 15) is 4.79 Å². The first-order valence-electron chi connectivity index (χ1n) is 20.5. The summed E-state index contributed by atoms with van der Waals surface area (Å²) in [5, 5.41) is 0. The summed E-state index contributed by atoms with van der Waals surface area (Å²) in [6, 6.07) is 0. The maximum Gasteiger partial charge on any atom is 0.305 e. The molecule has 0 amide bonds. The van der Waals surface area contributed by atoms with Crippen LogP contribution in [0.4, 0.5) is 0 Å². The number of ether oxygens (including phenoxy) is 1. The van der Waals surface area contributed by atoms with E-state index in [1.165, 1.54) is 193 Å². The number of carbonyl (C=O) groups is 1. The van der Waals surface area contributed by atoms with Crippen molar-refractivity contribution in [1.29, 1.82) is 0 Å². The van der Waals surface area contributed by atoms with Crippen LogP contribution >= 0.6 is 0 Å². The molecule has 0 bridgehead atoms. The van der Waals surface area contributed by atoms with Gasteiger partial charge in [-0.2, -0.15) is 0 Å². The Kier molecular flexibility index (Phi) is 37.7. The highest BCUT2D eigenvalue weighted by Gasteiger charge is 2.03. The largest absolute Gasteiger partial charge is 0.466 e. The zero-order valence-corrected chi connectivity index (χ0v) is 30.8. The van der Waals surface area contributed by atoms with Crippen LogP contribution in [-0.4, -0.2) is 12.6 Å². The fourth-order valence-corrected chi connectivity index (χ4v) is 6.26. The molecular weight excluding hydrogens is 536 g/mol. The lowest BCUT2D eigenvalue weighted by Crippen LogP contribution is -2.05. The SMILES string of the molecule is CCCCCC/C=C\CCCCCCCC(=O)OCCCCCCCCCCCCCCCCCCCCCCCC(C)C. The molecule has 0 unspecified atom stereocenters. The zero-order valence-electron chi connectivity index (χ0n) is 30.8. The Morgan fingerprint density at radius 1 is 0.455 bits per heavy atom. The van der Waals surface area contributed by atoms with Crippen molar-refractivity contribution in [3.05, 3.63) is 12.2 Å². The molecule has 0 rings (SSSR count). The summed E-state index contributed by atoms with van der Waals surface area (Å²) in [4.78, 5) is 11.9. The topological polar surface area (TPSA) is 26.3 Å². The molecule has 0 aliphatic carbocycles. The summed E-state index contributed by atoms with van der Waals surface area (Å²) in [7, 11) is 0. The Bertz CT molecular complexity index is 566. The minimum atomic E-state index is 0.0181. The summed E-state index contributed by atoms with van der Waals surface area (Å²) in [6.07, 6.45) is 50.1. The molecule has 0 aliphatic heterocycles. The third-order valence-corrected chi connectivity index (χ3v) is 9.33. The molecular formula is C42H82O2. The Morgan fingerprint density at radius 3 is 1.20 bits per heavy atom. The van der Waals surface area contributed by atoms with E-state index in [0.717, 1.165) is 25.2 Å². The zero-order chi connectivity index (χ0) is 32.0. The van der Waals surface area contributed by atoms with E-state index in [4.69, 9.17) is 4.74 Å². The number of carbonyl (C=O) groups excluding carboxylic acids is 1. The maximum atomic E-state index is 11.9. The normalized spacial score (nSPS) is 11.7. The molecule has 0 fully saturated rings. The van der Waals surface area contributed by atoms with E-state index in [2.05, 4.69) is 32.9 Å². The van der Waals surface area contributed by atoms with Gasteiger partial charge >= 0.3 is 5.97 Å². The first kappa shape index (κ1) is 43.2. The van der Waals surface area contributed by atoms with Crippen LogP contribution in [0.15, 0.2) is 12.2 Å². The molecule has 262 valence electrons. The molecule has 0 aromatic heterocycles. The lowest BCUT2D eigenvalue weighted by molar-refractivity contribution is -0.143. The Morgan fingerprint density at radius 2 is 0.795 bits per heavy atom. The van der Waals surface area contributed by atoms with E-state index < -0.39 is 0 Å². The third-order valence-electron chi connectivity index (χ3n) is 9.33. The van der Waals surface area contributed by atoms with E-state index in [-0.39, 0.29) is 5.97 Å². The highest BCUT2D eigenvalue weighted by molar-refractivity contribution is 5.69. The number of unbranched alkanes of at least 4 members (excludes halogenated alkanes) is 29. The second-order valence-electron chi connectivity index (χ2n) is 14.5. The van der Waals surface area contributed by atoms with E-state index >= 15 is 0 Å². The summed E-state index contributed by atoms with van der Waals surface area (Å²) in [5.41, 5.74) is 0. The quantitative estimate of drug-likeness (QED) is 0.0393. The van der Waals surface area contributed by atoms with Gasteiger partial charge in [0, 0.05) is 6.42 Å². The molecule has 44 heavy (non-hydrogen) atoms. The lowest BCUT2D eigenvalue weighted by Gasteiger charge is -2.06. The Balaban J connectivity index is 3.16. The summed E-state index contributed by atoms with van der Waals surface area (Å²) in [5.74, 6) is 0.902.